The first-order valence-electron chi connectivity index (χ1n) is 6.83. The molecule has 0 aromatic carbocycles. The number of hydrogen-bond donors (Lipinski definition) is 2. The molecule has 0 saturated heterocycles. The maximum atomic E-state index is 9.37. The van der Waals surface area contributed by atoms with Crippen LogP contribution in [0.2, 0.25) is 0 Å². The van der Waals surface area contributed by atoms with Crippen LogP contribution in [0.1, 0.15) is 38.3 Å². The van der Waals surface area contributed by atoms with Gasteiger partial charge in [-0.2, -0.15) is 0 Å². The van der Waals surface area contributed by atoms with E-state index in [1.54, 1.807) is 0 Å². The standard InChI is InChI=1S/C14H24N2O/c1-2-16-9-5-7-13(16)10-15-14-8-4-3-6-12(14)11-17/h5,7,9,12,14-15,17H,2-4,6,8,10-11H2,1H3. The second kappa shape index (κ2) is 6.22. The summed E-state index contributed by atoms with van der Waals surface area (Å²) in [6.45, 7) is 4.44. The number of aliphatic hydroxyl groups is 1. The van der Waals surface area contributed by atoms with E-state index in [1.165, 1.54) is 31.4 Å². The number of rotatable bonds is 5. The molecule has 1 aliphatic rings. The maximum absolute atomic E-state index is 9.37. The van der Waals surface area contributed by atoms with E-state index in [2.05, 4.69) is 35.1 Å². The highest BCUT2D eigenvalue weighted by molar-refractivity contribution is 5.07. The Labute approximate surface area is 104 Å². The zero-order valence-corrected chi connectivity index (χ0v) is 10.7. The van der Waals surface area contributed by atoms with Gasteiger partial charge in [-0.1, -0.05) is 12.8 Å². The van der Waals surface area contributed by atoms with Crippen LogP contribution in [0.4, 0.5) is 0 Å². The van der Waals surface area contributed by atoms with Crippen LogP contribution >= 0.6 is 0 Å². The van der Waals surface area contributed by atoms with Crippen molar-refractivity contribution in [3.63, 3.8) is 0 Å². The van der Waals surface area contributed by atoms with Crippen molar-refractivity contribution in [2.45, 2.75) is 51.7 Å². The molecule has 1 aliphatic carbocycles. The van der Waals surface area contributed by atoms with Crippen LogP contribution in [-0.2, 0) is 13.1 Å². The molecule has 1 saturated carbocycles. The highest BCUT2D eigenvalue weighted by Gasteiger charge is 2.23. The molecule has 0 bridgehead atoms. The topological polar surface area (TPSA) is 37.2 Å². The molecule has 3 nitrogen and oxygen atoms in total. The highest BCUT2D eigenvalue weighted by Crippen LogP contribution is 2.24. The molecule has 3 heteroatoms. The molecular weight excluding hydrogens is 212 g/mol. The third-order valence-corrected chi connectivity index (χ3v) is 3.95. The van der Waals surface area contributed by atoms with Gasteiger partial charge in [0.15, 0.2) is 0 Å². The molecule has 0 aliphatic heterocycles. The van der Waals surface area contributed by atoms with E-state index in [-0.39, 0.29) is 0 Å². The average molecular weight is 236 g/mol. The van der Waals surface area contributed by atoms with Crippen molar-refractivity contribution in [1.82, 2.24) is 9.88 Å². The minimum Gasteiger partial charge on any atom is -0.396 e. The summed E-state index contributed by atoms with van der Waals surface area (Å²) in [6, 6.07) is 4.77. The summed E-state index contributed by atoms with van der Waals surface area (Å²) in [4.78, 5) is 0. The summed E-state index contributed by atoms with van der Waals surface area (Å²) < 4.78 is 2.27. The lowest BCUT2D eigenvalue weighted by Crippen LogP contribution is -2.40. The van der Waals surface area contributed by atoms with Gasteiger partial charge < -0.3 is 15.0 Å². The maximum Gasteiger partial charge on any atom is 0.0474 e. The first-order chi connectivity index (χ1) is 8.35. The lowest BCUT2D eigenvalue weighted by Gasteiger charge is -2.31. The molecule has 2 unspecified atom stereocenters. The van der Waals surface area contributed by atoms with Crippen molar-refractivity contribution < 1.29 is 5.11 Å². The van der Waals surface area contributed by atoms with Crippen LogP contribution in [0.15, 0.2) is 18.3 Å². The number of nitrogens with one attached hydrogen (secondary N) is 1. The van der Waals surface area contributed by atoms with E-state index >= 15 is 0 Å². The average Bonchev–Trinajstić information content (AvgIpc) is 2.84. The Hall–Kier alpha value is -0.800. The lowest BCUT2D eigenvalue weighted by atomic mass is 9.85. The molecule has 17 heavy (non-hydrogen) atoms. The largest absolute Gasteiger partial charge is 0.396 e. The van der Waals surface area contributed by atoms with Crippen LogP contribution in [-0.4, -0.2) is 22.3 Å². The SMILES string of the molecule is CCn1cccc1CNC1CCCCC1CO. The number of aryl methyl sites for hydroxylation is 1. The van der Waals surface area contributed by atoms with Gasteiger partial charge >= 0.3 is 0 Å². The van der Waals surface area contributed by atoms with Crippen LogP contribution < -0.4 is 5.32 Å². The van der Waals surface area contributed by atoms with Gasteiger partial charge in [0, 0.05) is 37.6 Å². The smallest absolute Gasteiger partial charge is 0.0474 e. The molecule has 2 atom stereocenters. The number of nitrogens with zero attached hydrogens (tertiary/aromatic N) is 1. The summed E-state index contributed by atoms with van der Waals surface area (Å²) in [5, 5.41) is 13.0. The lowest BCUT2D eigenvalue weighted by molar-refractivity contribution is 0.152. The van der Waals surface area contributed by atoms with E-state index in [0.717, 1.165) is 13.1 Å². The molecule has 1 heterocycles. The zero-order chi connectivity index (χ0) is 12.1. The van der Waals surface area contributed by atoms with Crippen LogP contribution in [0.3, 0.4) is 0 Å². The van der Waals surface area contributed by atoms with Gasteiger partial charge in [0.1, 0.15) is 0 Å². The summed E-state index contributed by atoms with van der Waals surface area (Å²) in [5.41, 5.74) is 1.34. The van der Waals surface area contributed by atoms with Gasteiger partial charge in [0.2, 0.25) is 0 Å². The van der Waals surface area contributed by atoms with Crippen LogP contribution in [0.5, 0.6) is 0 Å². The van der Waals surface area contributed by atoms with E-state index in [0.29, 0.717) is 18.6 Å². The number of hydrogen-bond acceptors (Lipinski definition) is 2. The normalized spacial score (nSPS) is 25.1. The molecule has 1 aromatic rings. The summed E-state index contributed by atoms with van der Waals surface area (Å²) >= 11 is 0. The number of aromatic nitrogens is 1. The molecule has 1 aromatic heterocycles. The third-order valence-electron chi connectivity index (χ3n) is 3.95. The Morgan fingerprint density at radius 2 is 2.24 bits per heavy atom. The Morgan fingerprint density at radius 1 is 1.41 bits per heavy atom. The van der Waals surface area contributed by atoms with Crippen molar-refractivity contribution in [3.8, 4) is 0 Å². The quantitative estimate of drug-likeness (QED) is 0.822. The first-order valence-corrected chi connectivity index (χ1v) is 6.83. The van der Waals surface area contributed by atoms with E-state index in [9.17, 15) is 5.11 Å². The van der Waals surface area contributed by atoms with Crippen molar-refractivity contribution in [1.29, 1.82) is 0 Å². The molecule has 96 valence electrons. The summed E-state index contributed by atoms with van der Waals surface area (Å²) in [6.07, 6.45) is 7.07. The Bertz CT molecular complexity index is 335. The molecule has 2 N–H and O–H groups in total. The third kappa shape index (κ3) is 3.11. The Kier molecular flexibility index (Phi) is 4.63. The van der Waals surface area contributed by atoms with Crippen LogP contribution in [0, 0.1) is 5.92 Å². The fraction of sp³-hybridized carbons (Fsp3) is 0.714. The predicted molar refractivity (Wildman–Crippen MR) is 69.8 cm³/mol. The van der Waals surface area contributed by atoms with E-state index in [1.807, 2.05) is 0 Å². The molecule has 0 spiro atoms. The van der Waals surface area contributed by atoms with Gasteiger partial charge in [0.05, 0.1) is 0 Å². The molecule has 0 amide bonds. The van der Waals surface area contributed by atoms with Crippen molar-refractivity contribution >= 4 is 0 Å². The Morgan fingerprint density at radius 3 is 3.00 bits per heavy atom. The second-order valence-corrected chi connectivity index (χ2v) is 5.00. The fourth-order valence-electron chi connectivity index (χ4n) is 2.85. The van der Waals surface area contributed by atoms with Gasteiger partial charge in [-0.3, -0.25) is 0 Å². The fourth-order valence-corrected chi connectivity index (χ4v) is 2.85. The molecule has 1 fully saturated rings. The monoisotopic (exact) mass is 236 g/mol. The van der Waals surface area contributed by atoms with E-state index < -0.39 is 0 Å². The minimum absolute atomic E-state index is 0.326. The molecule has 0 radical (unpaired) electrons. The molecule has 2 rings (SSSR count). The van der Waals surface area contributed by atoms with Gasteiger partial charge in [0.25, 0.3) is 0 Å². The van der Waals surface area contributed by atoms with Crippen molar-refractivity contribution in [2.75, 3.05) is 6.61 Å². The van der Waals surface area contributed by atoms with Gasteiger partial charge in [-0.15, -0.1) is 0 Å². The molecular formula is C14H24N2O. The predicted octanol–water partition coefficient (Wildman–Crippen LogP) is 2.15. The number of aliphatic hydroxyl groups excluding tert-OH is 1. The van der Waals surface area contributed by atoms with Gasteiger partial charge in [-0.25, -0.2) is 0 Å². The summed E-state index contributed by atoms with van der Waals surface area (Å²) in [5.74, 6) is 0.453. The van der Waals surface area contributed by atoms with Crippen LogP contribution in [0.25, 0.3) is 0 Å². The summed E-state index contributed by atoms with van der Waals surface area (Å²) in [7, 11) is 0. The van der Waals surface area contributed by atoms with Crippen molar-refractivity contribution in [2.24, 2.45) is 5.92 Å². The highest BCUT2D eigenvalue weighted by atomic mass is 16.3. The van der Waals surface area contributed by atoms with Gasteiger partial charge in [-0.05, 0) is 37.8 Å². The zero-order valence-electron chi connectivity index (χ0n) is 10.7. The second-order valence-electron chi connectivity index (χ2n) is 5.00. The minimum atomic E-state index is 0.326. The van der Waals surface area contributed by atoms with Crippen molar-refractivity contribution in [3.05, 3.63) is 24.0 Å². The first kappa shape index (κ1) is 12.7. The van der Waals surface area contributed by atoms with E-state index in [4.69, 9.17) is 0 Å². The Balaban J connectivity index is 1.88.